The zero-order valence-electron chi connectivity index (χ0n) is 8.12. The monoisotopic (exact) mass is 211 g/mol. The van der Waals surface area contributed by atoms with Crippen molar-refractivity contribution in [3.63, 3.8) is 0 Å². The first-order valence-corrected chi connectivity index (χ1v) is 4.26. The number of carbonyl (C=O) groups is 2. The maximum atomic E-state index is 11.8. The van der Waals surface area contributed by atoms with Crippen LogP contribution in [0.5, 0.6) is 5.75 Å². The van der Waals surface area contributed by atoms with Crippen LogP contribution in [0.1, 0.15) is 6.92 Å². The molecule has 0 spiro atoms. The summed E-state index contributed by atoms with van der Waals surface area (Å²) in [5.41, 5.74) is 0.452. The molecule has 15 heavy (non-hydrogen) atoms. The molecule has 1 aromatic rings. The van der Waals surface area contributed by atoms with Crippen LogP contribution in [0.2, 0.25) is 0 Å². The maximum absolute atomic E-state index is 11.8. The Balaban J connectivity index is 2.64. The van der Waals surface area contributed by atoms with Crippen LogP contribution in [0, 0.1) is 0 Å². The fourth-order valence-electron chi connectivity index (χ4n) is 0.967. The zero-order valence-corrected chi connectivity index (χ0v) is 8.12. The average Bonchev–Trinajstić information content (AvgIpc) is 2.20. The normalized spacial score (nSPS) is 9.47. The van der Waals surface area contributed by atoms with E-state index in [4.69, 9.17) is 4.74 Å². The number of ether oxygens (including phenoxy) is 1. The zero-order chi connectivity index (χ0) is 11.3. The molecule has 0 aliphatic carbocycles. The smallest absolute Gasteiger partial charge is 0.308 e. The van der Waals surface area contributed by atoms with Gasteiger partial charge in [-0.15, -0.1) is 0 Å². The van der Waals surface area contributed by atoms with Gasteiger partial charge in [-0.05, 0) is 24.3 Å². The molecule has 4 nitrogen and oxygen atoms in total. The summed E-state index contributed by atoms with van der Waals surface area (Å²) < 4.78 is 16.6. The highest BCUT2D eigenvalue weighted by Gasteiger charge is 2.01. The van der Waals surface area contributed by atoms with E-state index in [0.29, 0.717) is 11.4 Å². The molecule has 5 heteroatoms. The highest BCUT2D eigenvalue weighted by atomic mass is 19.1. The summed E-state index contributed by atoms with van der Waals surface area (Å²) in [6.45, 7) is 0.227. The molecule has 1 N–H and O–H groups in total. The van der Waals surface area contributed by atoms with Crippen molar-refractivity contribution in [1.82, 2.24) is 0 Å². The standard InChI is InChI=1S/C10H10FNO3/c1-7(13)15-9-4-2-8(3-5-9)12-10(14)6-11/h2-5H,6H2,1H3,(H,12,14). The molecule has 0 unspecified atom stereocenters. The molecule has 0 aliphatic heterocycles. The van der Waals surface area contributed by atoms with Crippen molar-refractivity contribution in [3.05, 3.63) is 24.3 Å². The fourth-order valence-corrected chi connectivity index (χ4v) is 0.967. The number of rotatable bonds is 3. The second-order valence-electron chi connectivity index (χ2n) is 2.80. The lowest BCUT2D eigenvalue weighted by Gasteiger charge is -2.04. The Bertz CT molecular complexity index is 361. The van der Waals surface area contributed by atoms with Crippen LogP contribution in [0.4, 0.5) is 10.1 Å². The van der Waals surface area contributed by atoms with Crippen molar-refractivity contribution < 1.29 is 18.7 Å². The molecule has 1 rings (SSSR count). The van der Waals surface area contributed by atoms with Gasteiger partial charge in [0, 0.05) is 12.6 Å². The van der Waals surface area contributed by atoms with Crippen LogP contribution in [-0.2, 0) is 9.59 Å². The minimum Gasteiger partial charge on any atom is -0.427 e. The Morgan fingerprint density at radius 3 is 2.40 bits per heavy atom. The lowest BCUT2D eigenvalue weighted by molar-refractivity contribution is -0.131. The Morgan fingerprint density at radius 1 is 1.33 bits per heavy atom. The molecular formula is C10H10FNO3. The van der Waals surface area contributed by atoms with Crippen molar-refractivity contribution in [2.75, 3.05) is 12.0 Å². The van der Waals surface area contributed by atoms with Crippen LogP contribution >= 0.6 is 0 Å². The summed E-state index contributed by atoms with van der Waals surface area (Å²) in [7, 11) is 0. The minimum absolute atomic E-state index is 0.376. The Morgan fingerprint density at radius 2 is 1.93 bits per heavy atom. The van der Waals surface area contributed by atoms with Gasteiger partial charge in [0.1, 0.15) is 5.75 Å². The topological polar surface area (TPSA) is 55.4 Å². The quantitative estimate of drug-likeness (QED) is 0.609. The minimum atomic E-state index is -1.06. The van der Waals surface area contributed by atoms with Crippen molar-refractivity contribution in [2.24, 2.45) is 0 Å². The molecule has 0 atom stereocenters. The number of carbonyl (C=O) groups excluding carboxylic acids is 2. The number of anilines is 1. The van der Waals surface area contributed by atoms with Crippen molar-refractivity contribution in [1.29, 1.82) is 0 Å². The summed E-state index contributed by atoms with van der Waals surface area (Å²) >= 11 is 0. The molecule has 0 bridgehead atoms. The fraction of sp³-hybridized carbons (Fsp3) is 0.200. The van der Waals surface area contributed by atoms with Crippen molar-refractivity contribution in [2.45, 2.75) is 6.92 Å². The first-order valence-electron chi connectivity index (χ1n) is 4.26. The molecule has 1 aromatic carbocycles. The molecule has 80 valence electrons. The molecule has 0 radical (unpaired) electrons. The van der Waals surface area contributed by atoms with Gasteiger partial charge in [0.05, 0.1) is 0 Å². The van der Waals surface area contributed by atoms with E-state index in [0.717, 1.165) is 0 Å². The van der Waals surface area contributed by atoms with Gasteiger partial charge < -0.3 is 10.1 Å². The summed E-state index contributed by atoms with van der Waals surface area (Å²) in [4.78, 5) is 21.3. The van der Waals surface area contributed by atoms with E-state index in [-0.39, 0.29) is 0 Å². The number of esters is 1. The third-order valence-electron chi connectivity index (χ3n) is 1.52. The predicted molar refractivity (Wildman–Crippen MR) is 52.4 cm³/mol. The van der Waals surface area contributed by atoms with Crippen molar-refractivity contribution >= 4 is 17.6 Å². The van der Waals surface area contributed by atoms with E-state index in [1.807, 2.05) is 0 Å². The van der Waals surface area contributed by atoms with Crippen LogP contribution in [-0.4, -0.2) is 18.6 Å². The van der Waals surface area contributed by atoms with Crippen LogP contribution in [0.15, 0.2) is 24.3 Å². The van der Waals surface area contributed by atoms with Gasteiger partial charge >= 0.3 is 5.97 Å². The van der Waals surface area contributed by atoms with Crippen LogP contribution in [0.3, 0.4) is 0 Å². The first-order chi connectivity index (χ1) is 7.11. The second-order valence-corrected chi connectivity index (χ2v) is 2.80. The average molecular weight is 211 g/mol. The SMILES string of the molecule is CC(=O)Oc1ccc(NC(=O)CF)cc1. The van der Waals surface area contributed by atoms with Gasteiger partial charge in [0.15, 0.2) is 6.67 Å². The summed E-state index contributed by atoms with van der Waals surface area (Å²) in [6, 6.07) is 6.06. The molecule has 0 fully saturated rings. The van der Waals surface area contributed by atoms with E-state index in [1.165, 1.54) is 31.2 Å². The number of nitrogens with one attached hydrogen (secondary N) is 1. The molecule has 0 aliphatic rings. The predicted octanol–water partition coefficient (Wildman–Crippen LogP) is 1.52. The van der Waals surface area contributed by atoms with E-state index in [1.54, 1.807) is 0 Å². The Kier molecular flexibility index (Phi) is 3.79. The number of alkyl halides is 1. The van der Waals surface area contributed by atoms with Gasteiger partial charge in [0.25, 0.3) is 5.91 Å². The third-order valence-corrected chi connectivity index (χ3v) is 1.52. The van der Waals surface area contributed by atoms with Gasteiger partial charge in [-0.1, -0.05) is 0 Å². The molecule has 0 heterocycles. The van der Waals surface area contributed by atoms with E-state index in [9.17, 15) is 14.0 Å². The number of hydrogen-bond donors (Lipinski definition) is 1. The number of amides is 1. The summed E-state index contributed by atoms with van der Waals surface area (Å²) in [5, 5.41) is 2.32. The summed E-state index contributed by atoms with van der Waals surface area (Å²) in [6.07, 6.45) is 0. The van der Waals surface area contributed by atoms with E-state index < -0.39 is 18.6 Å². The largest absolute Gasteiger partial charge is 0.427 e. The molecule has 0 saturated heterocycles. The van der Waals surface area contributed by atoms with Gasteiger partial charge in [-0.2, -0.15) is 0 Å². The molecule has 0 aromatic heterocycles. The third kappa shape index (κ3) is 3.76. The second kappa shape index (κ2) is 5.09. The molecule has 0 saturated carbocycles. The Labute approximate surface area is 86.0 Å². The lowest BCUT2D eigenvalue weighted by atomic mass is 10.3. The molecular weight excluding hydrogens is 201 g/mol. The number of halogens is 1. The van der Waals surface area contributed by atoms with Gasteiger partial charge in [-0.25, -0.2) is 4.39 Å². The number of benzene rings is 1. The van der Waals surface area contributed by atoms with E-state index in [2.05, 4.69) is 5.32 Å². The number of hydrogen-bond acceptors (Lipinski definition) is 3. The summed E-state index contributed by atoms with van der Waals surface area (Å²) in [5.74, 6) is -0.758. The van der Waals surface area contributed by atoms with Gasteiger partial charge in [-0.3, -0.25) is 9.59 Å². The van der Waals surface area contributed by atoms with Crippen LogP contribution < -0.4 is 10.1 Å². The first kappa shape index (κ1) is 11.2. The highest BCUT2D eigenvalue weighted by molar-refractivity contribution is 5.91. The van der Waals surface area contributed by atoms with E-state index >= 15 is 0 Å². The highest BCUT2D eigenvalue weighted by Crippen LogP contribution is 2.15. The van der Waals surface area contributed by atoms with Gasteiger partial charge in [0.2, 0.25) is 0 Å². The van der Waals surface area contributed by atoms with Crippen LogP contribution in [0.25, 0.3) is 0 Å². The molecule has 1 amide bonds. The lowest BCUT2D eigenvalue weighted by Crippen LogP contribution is -2.12. The maximum Gasteiger partial charge on any atom is 0.308 e. The van der Waals surface area contributed by atoms with Crippen molar-refractivity contribution in [3.8, 4) is 5.75 Å². The Hall–Kier alpha value is -1.91.